The lowest BCUT2D eigenvalue weighted by molar-refractivity contribution is 0.197. The standard InChI is InChI=1S/C15H33N3/c1-4-10-16-11-6-7-12-17(3)14-15-9-8-13-18(15)5-2/h15-16H,4-14H2,1-3H3. The third kappa shape index (κ3) is 6.17. The summed E-state index contributed by atoms with van der Waals surface area (Å²) in [6.07, 6.45) is 6.68. The Morgan fingerprint density at radius 1 is 1.22 bits per heavy atom. The summed E-state index contributed by atoms with van der Waals surface area (Å²) in [5.41, 5.74) is 0. The predicted octanol–water partition coefficient (Wildman–Crippen LogP) is 2.18. The molecule has 1 unspecified atom stereocenters. The highest BCUT2D eigenvalue weighted by atomic mass is 15.2. The molecule has 1 heterocycles. The topological polar surface area (TPSA) is 18.5 Å². The number of hydrogen-bond donors (Lipinski definition) is 1. The van der Waals surface area contributed by atoms with Crippen LogP contribution in [0.1, 0.15) is 46.0 Å². The lowest BCUT2D eigenvalue weighted by Gasteiger charge is -2.27. The molecule has 1 N–H and O–H groups in total. The Bertz CT molecular complexity index is 196. The number of nitrogens with zero attached hydrogens (tertiary/aromatic N) is 2. The Morgan fingerprint density at radius 2 is 2.06 bits per heavy atom. The van der Waals surface area contributed by atoms with Gasteiger partial charge in [-0.2, -0.15) is 0 Å². The van der Waals surface area contributed by atoms with Crippen LogP contribution in [0.3, 0.4) is 0 Å². The van der Waals surface area contributed by atoms with E-state index in [2.05, 4.69) is 36.0 Å². The molecular formula is C15H33N3. The molecule has 18 heavy (non-hydrogen) atoms. The van der Waals surface area contributed by atoms with Crippen molar-refractivity contribution in [1.29, 1.82) is 0 Å². The number of likely N-dealkylation sites (N-methyl/N-ethyl adjacent to an activating group) is 2. The van der Waals surface area contributed by atoms with Crippen LogP contribution in [-0.4, -0.2) is 62.2 Å². The van der Waals surface area contributed by atoms with Crippen LogP contribution in [-0.2, 0) is 0 Å². The van der Waals surface area contributed by atoms with Crippen LogP contribution in [0.2, 0.25) is 0 Å². The first-order chi connectivity index (χ1) is 8.77. The number of nitrogens with one attached hydrogen (secondary N) is 1. The van der Waals surface area contributed by atoms with Gasteiger partial charge in [-0.1, -0.05) is 13.8 Å². The minimum absolute atomic E-state index is 0.818. The maximum atomic E-state index is 3.47. The summed E-state index contributed by atoms with van der Waals surface area (Å²) in [4.78, 5) is 5.16. The molecule has 0 aromatic rings. The summed E-state index contributed by atoms with van der Waals surface area (Å²) in [5.74, 6) is 0. The Morgan fingerprint density at radius 3 is 2.78 bits per heavy atom. The van der Waals surface area contributed by atoms with Crippen molar-refractivity contribution >= 4 is 0 Å². The van der Waals surface area contributed by atoms with Crippen LogP contribution in [0.25, 0.3) is 0 Å². The van der Waals surface area contributed by atoms with Crippen molar-refractivity contribution in [3.63, 3.8) is 0 Å². The van der Waals surface area contributed by atoms with Crippen LogP contribution >= 0.6 is 0 Å². The van der Waals surface area contributed by atoms with E-state index >= 15 is 0 Å². The number of likely N-dealkylation sites (tertiary alicyclic amines) is 1. The van der Waals surface area contributed by atoms with Gasteiger partial charge in [0.2, 0.25) is 0 Å². The summed E-state index contributed by atoms with van der Waals surface area (Å²) in [6, 6.07) is 0.818. The van der Waals surface area contributed by atoms with E-state index in [0.717, 1.165) is 6.04 Å². The normalized spacial score (nSPS) is 21.0. The fourth-order valence-corrected chi connectivity index (χ4v) is 2.90. The van der Waals surface area contributed by atoms with Crippen LogP contribution in [0.15, 0.2) is 0 Å². The second kappa shape index (κ2) is 9.76. The Labute approximate surface area is 114 Å². The second-order valence-corrected chi connectivity index (χ2v) is 5.64. The van der Waals surface area contributed by atoms with Crippen molar-refractivity contribution in [2.24, 2.45) is 0 Å². The van der Waals surface area contributed by atoms with Gasteiger partial charge in [-0.25, -0.2) is 0 Å². The van der Waals surface area contributed by atoms with Gasteiger partial charge in [0.25, 0.3) is 0 Å². The minimum Gasteiger partial charge on any atom is -0.317 e. The molecular weight excluding hydrogens is 222 g/mol. The zero-order valence-corrected chi connectivity index (χ0v) is 12.7. The molecule has 1 fully saturated rings. The smallest absolute Gasteiger partial charge is 0.0223 e. The quantitative estimate of drug-likeness (QED) is 0.604. The molecule has 0 radical (unpaired) electrons. The van der Waals surface area contributed by atoms with E-state index < -0.39 is 0 Å². The minimum atomic E-state index is 0.818. The number of rotatable bonds is 10. The van der Waals surface area contributed by atoms with Crippen molar-refractivity contribution in [2.45, 2.75) is 52.0 Å². The molecule has 0 aliphatic carbocycles. The van der Waals surface area contributed by atoms with Gasteiger partial charge >= 0.3 is 0 Å². The fraction of sp³-hybridized carbons (Fsp3) is 1.00. The van der Waals surface area contributed by atoms with E-state index in [-0.39, 0.29) is 0 Å². The SMILES string of the molecule is CCCNCCCCN(C)CC1CCCN1CC. The maximum absolute atomic E-state index is 3.47. The lowest BCUT2D eigenvalue weighted by Crippen LogP contribution is -2.39. The molecule has 1 rings (SSSR count). The molecule has 0 aromatic carbocycles. The monoisotopic (exact) mass is 255 g/mol. The van der Waals surface area contributed by atoms with Crippen LogP contribution in [0, 0.1) is 0 Å². The highest BCUT2D eigenvalue weighted by Gasteiger charge is 2.23. The molecule has 0 amide bonds. The second-order valence-electron chi connectivity index (χ2n) is 5.64. The van der Waals surface area contributed by atoms with Crippen LogP contribution in [0.4, 0.5) is 0 Å². The zero-order valence-electron chi connectivity index (χ0n) is 12.7. The van der Waals surface area contributed by atoms with E-state index in [1.54, 1.807) is 0 Å². The van der Waals surface area contributed by atoms with Gasteiger partial charge in [0, 0.05) is 12.6 Å². The van der Waals surface area contributed by atoms with Crippen LogP contribution < -0.4 is 5.32 Å². The first-order valence-electron chi connectivity index (χ1n) is 7.91. The highest BCUT2D eigenvalue weighted by molar-refractivity contribution is 4.80. The van der Waals surface area contributed by atoms with Crippen molar-refractivity contribution in [2.75, 3.05) is 46.3 Å². The van der Waals surface area contributed by atoms with E-state index in [0.29, 0.717) is 0 Å². The molecule has 1 aliphatic heterocycles. The molecule has 0 saturated carbocycles. The molecule has 1 saturated heterocycles. The Hall–Kier alpha value is -0.120. The molecule has 0 spiro atoms. The highest BCUT2D eigenvalue weighted by Crippen LogP contribution is 2.17. The number of unbranched alkanes of at least 4 members (excludes halogenated alkanes) is 1. The first-order valence-corrected chi connectivity index (χ1v) is 7.91. The van der Waals surface area contributed by atoms with E-state index in [9.17, 15) is 0 Å². The van der Waals surface area contributed by atoms with Gasteiger partial charge in [-0.05, 0) is 71.9 Å². The molecule has 3 nitrogen and oxygen atoms in total. The molecule has 108 valence electrons. The average molecular weight is 255 g/mol. The summed E-state index contributed by atoms with van der Waals surface area (Å²) in [6.45, 7) is 11.9. The summed E-state index contributed by atoms with van der Waals surface area (Å²) in [7, 11) is 2.28. The van der Waals surface area contributed by atoms with Gasteiger partial charge in [0.05, 0.1) is 0 Å². The maximum Gasteiger partial charge on any atom is 0.0223 e. The van der Waals surface area contributed by atoms with Crippen LogP contribution in [0.5, 0.6) is 0 Å². The van der Waals surface area contributed by atoms with Gasteiger partial charge in [-0.3, -0.25) is 4.90 Å². The van der Waals surface area contributed by atoms with Crippen molar-refractivity contribution in [1.82, 2.24) is 15.1 Å². The van der Waals surface area contributed by atoms with E-state index in [1.165, 1.54) is 71.4 Å². The number of hydrogen-bond acceptors (Lipinski definition) is 3. The largest absolute Gasteiger partial charge is 0.317 e. The van der Waals surface area contributed by atoms with Crippen molar-refractivity contribution < 1.29 is 0 Å². The van der Waals surface area contributed by atoms with E-state index in [4.69, 9.17) is 0 Å². The van der Waals surface area contributed by atoms with Gasteiger partial charge in [0.15, 0.2) is 0 Å². The molecule has 1 aliphatic rings. The molecule has 0 bridgehead atoms. The van der Waals surface area contributed by atoms with E-state index in [1.807, 2.05) is 0 Å². The Kier molecular flexibility index (Phi) is 8.64. The zero-order chi connectivity index (χ0) is 13.2. The Balaban J connectivity index is 2.01. The van der Waals surface area contributed by atoms with Gasteiger partial charge in [-0.15, -0.1) is 0 Å². The predicted molar refractivity (Wildman–Crippen MR) is 80.2 cm³/mol. The van der Waals surface area contributed by atoms with Gasteiger partial charge < -0.3 is 10.2 Å². The summed E-state index contributed by atoms with van der Waals surface area (Å²) >= 11 is 0. The fourth-order valence-electron chi connectivity index (χ4n) is 2.90. The van der Waals surface area contributed by atoms with Gasteiger partial charge in [0.1, 0.15) is 0 Å². The van der Waals surface area contributed by atoms with Crippen molar-refractivity contribution in [3.05, 3.63) is 0 Å². The summed E-state index contributed by atoms with van der Waals surface area (Å²) in [5, 5.41) is 3.47. The average Bonchev–Trinajstić information content (AvgIpc) is 2.80. The molecule has 0 aromatic heterocycles. The van der Waals surface area contributed by atoms with Crippen molar-refractivity contribution in [3.8, 4) is 0 Å². The summed E-state index contributed by atoms with van der Waals surface area (Å²) < 4.78 is 0. The first kappa shape index (κ1) is 15.9. The lowest BCUT2D eigenvalue weighted by atomic mass is 10.2. The molecule has 1 atom stereocenters. The third-order valence-corrected chi connectivity index (χ3v) is 4.00. The third-order valence-electron chi connectivity index (χ3n) is 4.00. The molecule has 3 heteroatoms.